The lowest BCUT2D eigenvalue weighted by Crippen LogP contribution is -1.89. The van der Waals surface area contributed by atoms with Gasteiger partial charge >= 0.3 is 0 Å². The molecule has 0 aliphatic heterocycles. The van der Waals surface area contributed by atoms with Gasteiger partial charge in [-0.3, -0.25) is 0 Å². The van der Waals surface area contributed by atoms with Crippen LogP contribution in [0.2, 0.25) is 0 Å². The maximum absolute atomic E-state index is 4.91. The maximum atomic E-state index is 4.91. The second kappa shape index (κ2) is 7.27. The lowest BCUT2D eigenvalue weighted by molar-refractivity contribution is 1.32. The van der Waals surface area contributed by atoms with E-state index in [4.69, 9.17) is 17.6 Å². The number of benzene rings is 3. The number of thiophene rings is 1. The average Bonchev–Trinajstić information content (AvgIpc) is 3.19. The number of pyridine rings is 1. The Morgan fingerprint density at radius 3 is 2.25 bits per heavy atom. The number of rotatable bonds is 3. The lowest BCUT2D eigenvalue weighted by Gasteiger charge is -2.09. The van der Waals surface area contributed by atoms with Gasteiger partial charge in [-0.15, -0.1) is 24.0 Å². The summed E-state index contributed by atoms with van der Waals surface area (Å²) in [5.74, 6) is 0. The van der Waals surface area contributed by atoms with Gasteiger partial charge in [0.25, 0.3) is 0 Å². The second-order valence-electron chi connectivity index (χ2n) is 6.65. The molecule has 5 aromatic rings. The molecule has 0 atom stereocenters. The molecule has 0 unspecified atom stereocenters. The molecule has 2 heterocycles. The molecular formula is C25H17NS2. The minimum Gasteiger partial charge on any atom is -0.248 e. The van der Waals surface area contributed by atoms with Crippen LogP contribution < -0.4 is 0 Å². The monoisotopic (exact) mass is 395 g/mol. The van der Waals surface area contributed by atoms with Crippen molar-refractivity contribution in [3.05, 3.63) is 96.4 Å². The van der Waals surface area contributed by atoms with Crippen LogP contribution in [0.4, 0.5) is 0 Å². The highest BCUT2D eigenvalue weighted by Gasteiger charge is 2.11. The van der Waals surface area contributed by atoms with Crippen molar-refractivity contribution >= 4 is 34.1 Å². The van der Waals surface area contributed by atoms with Gasteiger partial charge < -0.3 is 0 Å². The molecule has 0 N–H and O–H groups in total. The van der Waals surface area contributed by atoms with E-state index in [-0.39, 0.29) is 0 Å². The summed E-state index contributed by atoms with van der Waals surface area (Å²) in [5.41, 5.74) is 6.54. The zero-order valence-corrected chi connectivity index (χ0v) is 16.8. The Morgan fingerprint density at radius 2 is 1.39 bits per heavy atom. The number of hydrogen-bond donors (Lipinski definition) is 1. The van der Waals surface area contributed by atoms with E-state index in [1.807, 2.05) is 18.2 Å². The van der Waals surface area contributed by atoms with Crippen LogP contribution >= 0.6 is 24.0 Å². The van der Waals surface area contributed by atoms with E-state index >= 15 is 0 Å². The molecule has 0 aliphatic rings. The Kier molecular flexibility index (Phi) is 4.47. The van der Waals surface area contributed by atoms with Crippen molar-refractivity contribution in [2.75, 3.05) is 0 Å². The lowest BCUT2D eigenvalue weighted by atomic mass is 10.0. The summed E-state index contributed by atoms with van der Waals surface area (Å²) < 4.78 is 1.29. The number of nitrogens with zero attached hydrogens (tertiary/aromatic N) is 1. The van der Waals surface area contributed by atoms with Gasteiger partial charge in [-0.2, -0.15) is 0 Å². The van der Waals surface area contributed by atoms with Crippen LogP contribution in [0.1, 0.15) is 0 Å². The summed E-state index contributed by atoms with van der Waals surface area (Å²) in [6.45, 7) is 0. The Labute approximate surface area is 173 Å². The van der Waals surface area contributed by atoms with Crippen molar-refractivity contribution in [3.63, 3.8) is 0 Å². The smallest absolute Gasteiger partial charge is 0.0709 e. The normalized spacial score (nSPS) is 11.0. The summed E-state index contributed by atoms with van der Waals surface area (Å²) in [4.78, 5) is 5.88. The van der Waals surface area contributed by atoms with Gasteiger partial charge in [-0.25, -0.2) is 4.98 Å². The van der Waals surface area contributed by atoms with E-state index < -0.39 is 0 Å². The number of fused-ring (bicyclic) bond motifs is 1. The third-order valence-corrected chi connectivity index (χ3v) is 6.24. The molecule has 3 heteroatoms. The zero-order chi connectivity index (χ0) is 18.9. The molecule has 0 amide bonds. The van der Waals surface area contributed by atoms with Crippen molar-refractivity contribution < 1.29 is 0 Å². The Hall–Kier alpha value is -2.88. The topological polar surface area (TPSA) is 12.9 Å². The molecule has 2 aromatic heterocycles. The fourth-order valence-electron chi connectivity index (χ4n) is 3.46. The van der Waals surface area contributed by atoms with E-state index in [0.717, 1.165) is 33.0 Å². The summed E-state index contributed by atoms with van der Waals surface area (Å²) in [5, 5.41) is 3.49. The van der Waals surface area contributed by atoms with Gasteiger partial charge in [-0.1, -0.05) is 60.7 Å². The van der Waals surface area contributed by atoms with Crippen LogP contribution in [-0.2, 0) is 0 Å². The Morgan fingerprint density at radius 1 is 0.643 bits per heavy atom. The standard InChI is InChI=1S/C25H17NS2/c27-24-14-13-18(15-20(24)21-16-28-25-12-5-4-9-19(21)25)23-11-6-10-22(26-23)17-7-2-1-3-8-17/h1-16,27H. The Bertz CT molecular complexity index is 1270. The molecular weight excluding hydrogens is 378 g/mol. The molecule has 134 valence electrons. The average molecular weight is 396 g/mol. The van der Waals surface area contributed by atoms with E-state index in [0.29, 0.717) is 0 Å². The molecule has 0 fully saturated rings. The summed E-state index contributed by atoms with van der Waals surface area (Å²) in [7, 11) is 0. The predicted octanol–water partition coefficient (Wildman–Crippen LogP) is 7.59. The zero-order valence-electron chi connectivity index (χ0n) is 15.0. The molecule has 0 saturated carbocycles. The maximum Gasteiger partial charge on any atom is 0.0709 e. The number of hydrogen-bond acceptors (Lipinski definition) is 3. The quantitative estimate of drug-likeness (QED) is 0.311. The third kappa shape index (κ3) is 3.13. The van der Waals surface area contributed by atoms with Crippen LogP contribution in [0.3, 0.4) is 0 Å². The summed E-state index contributed by atoms with van der Waals surface area (Å²) in [6, 6.07) is 31.3. The molecule has 0 aliphatic carbocycles. The van der Waals surface area contributed by atoms with Crippen LogP contribution in [0, 0.1) is 0 Å². The van der Waals surface area contributed by atoms with E-state index in [2.05, 4.69) is 78.2 Å². The number of aromatic nitrogens is 1. The van der Waals surface area contributed by atoms with E-state index in [9.17, 15) is 0 Å². The first-order valence-electron chi connectivity index (χ1n) is 9.12. The molecule has 3 aromatic carbocycles. The highest BCUT2D eigenvalue weighted by Crippen LogP contribution is 2.38. The van der Waals surface area contributed by atoms with Gasteiger partial charge in [0.2, 0.25) is 0 Å². The summed E-state index contributed by atoms with van der Waals surface area (Å²) >= 11 is 6.50. The van der Waals surface area contributed by atoms with E-state index in [1.165, 1.54) is 15.6 Å². The highest BCUT2D eigenvalue weighted by molar-refractivity contribution is 7.80. The van der Waals surface area contributed by atoms with Gasteiger partial charge in [0, 0.05) is 31.7 Å². The van der Waals surface area contributed by atoms with E-state index in [1.54, 1.807) is 11.3 Å². The van der Waals surface area contributed by atoms with Gasteiger partial charge in [0.1, 0.15) is 0 Å². The first kappa shape index (κ1) is 17.2. The number of thiol groups is 1. The highest BCUT2D eigenvalue weighted by atomic mass is 32.1. The SMILES string of the molecule is Sc1ccc(-c2cccc(-c3ccccc3)n2)cc1-c1csc2ccccc12. The largest absolute Gasteiger partial charge is 0.248 e. The fraction of sp³-hybridized carbons (Fsp3) is 0. The molecule has 0 saturated heterocycles. The van der Waals surface area contributed by atoms with Crippen molar-refractivity contribution in [3.8, 4) is 33.6 Å². The summed E-state index contributed by atoms with van der Waals surface area (Å²) in [6.07, 6.45) is 0. The minimum absolute atomic E-state index is 0.968. The first-order valence-corrected chi connectivity index (χ1v) is 10.4. The van der Waals surface area contributed by atoms with Crippen molar-refractivity contribution in [2.45, 2.75) is 4.90 Å². The van der Waals surface area contributed by atoms with Crippen LogP contribution in [0.5, 0.6) is 0 Å². The van der Waals surface area contributed by atoms with Gasteiger partial charge in [0.05, 0.1) is 11.4 Å². The van der Waals surface area contributed by atoms with Crippen molar-refractivity contribution in [1.29, 1.82) is 0 Å². The van der Waals surface area contributed by atoms with Crippen molar-refractivity contribution in [2.24, 2.45) is 0 Å². The van der Waals surface area contributed by atoms with Crippen LogP contribution in [-0.4, -0.2) is 4.98 Å². The predicted molar refractivity (Wildman–Crippen MR) is 123 cm³/mol. The van der Waals surface area contributed by atoms with Crippen LogP contribution in [0.15, 0.2) is 101 Å². The van der Waals surface area contributed by atoms with Gasteiger partial charge in [0.15, 0.2) is 0 Å². The van der Waals surface area contributed by atoms with Gasteiger partial charge in [-0.05, 0) is 41.3 Å². The Balaban J connectivity index is 1.62. The minimum atomic E-state index is 0.968. The molecule has 5 rings (SSSR count). The van der Waals surface area contributed by atoms with Crippen LogP contribution in [0.25, 0.3) is 43.7 Å². The molecule has 1 nitrogen and oxygen atoms in total. The fourth-order valence-corrected chi connectivity index (χ4v) is 4.68. The molecule has 0 spiro atoms. The molecule has 28 heavy (non-hydrogen) atoms. The third-order valence-electron chi connectivity index (χ3n) is 4.88. The van der Waals surface area contributed by atoms with Crippen molar-refractivity contribution in [1.82, 2.24) is 4.98 Å². The first-order chi connectivity index (χ1) is 13.8. The second-order valence-corrected chi connectivity index (χ2v) is 8.04. The molecule has 0 bridgehead atoms. The molecule has 0 radical (unpaired) electrons.